The molecule has 2 aromatic heterocycles. The Morgan fingerprint density at radius 3 is 2.88 bits per heavy atom. The molecule has 1 aromatic carbocycles. The van der Waals surface area contributed by atoms with Gasteiger partial charge < -0.3 is 9.30 Å². The van der Waals surface area contributed by atoms with Gasteiger partial charge in [0.05, 0.1) is 27.7 Å². The third-order valence-electron chi connectivity index (χ3n) is 5.07. The lowest BCUT2D eigenvalue weighted by atomic mass is 10.1. The van der Waals surface area contributed by atoms with E-state index in [0.717, 1.165) is 44.5 Å². The monoisotopic (exact) mass is 400 g/mol. The SMILES string of the molecule is Cc1nccc2c1c(=O)n(C)c1cc(OCCCC3CC3)c(Br)cc21. The van der Waals surface area contributed by atoms with E-state index in [4.69, 9.17) is 4.74 Å². The molecule has 2 heterocycles. The minimum absolute atomic E-state index is 0.0184. The maximum Gasteiger partial charge on any atom is 0.260 e. The minimum atomic E-state index is -0.0184. The summed E-state index contributed by atoms with van der Waals surface area (Å²) in [5.41, 5.74) is 1.62. The third kappa shape index (κ3) is 3.06. The van der Waals surface area contributed by atoms with Gasteiger partial charge in [0.1, 0.15) is 5.75 Å². The van der Waals surface area contributed by atoms with Crippen LogP contribution in [0.3, 0.4) is 0 Å². The van der Waals surface area contributed by atoms with Crippen LogP contribution >= 0.6 is 15.9 Å². The molecule has 0 unspecified atom stereocenters. The number of halogens is 1. The van der Waals surface area contributed by atoms with Crippen LogP contribution in [-0.2, 0) is 7.05 Å². The number of nitrogens with zero attached hydrogens (tertiary/aromatic N) is 2. The van der Waals surface area contributed by atoms with Crippen LogP contribution in [0.5, 0.6) is 5.75 Å². The van der Waals surface area contributed by atoms with Gasteiger partial charge in [-0.15, -0.1) is 0 Å². The van der Waals surface area contributed by atoms with Crippen molar-refractivity contribution in [2.75, 3.05) is 6.61 Å². The van der Waals surface area contributed by atoms with Crippen molar-refractivity contribution >= 4 is 37.6 Å². The summed E-state index contributed by atoms with van der Waals surface area (Å²) in [6.07, 6.45) is 6.84. The first-order valence-electron chi connectivity index (χ1n) is 8.76. The number of hydrogen-bond acceptors (Lipinski definition) is 3. The molecule has 130 valence electrons. The van der Waals surface area contributed by atoms with Crippen molar-refractivity contribution in [3.05, 3.63) is 44.9 Å². The summed E-state index contributed by atoms with van der Waals surface area (Å²) in [5.74, 6) is 1.72. The average Bonchev–Trinajstić information content (AvgIpc) is 3.41. The fraction of sp³-hybridized carbons (Fsp3) is 0.400. The molecule has 5 heteroatoms. The normalized spacial score (nSPS) is 14.4. The summed E-state index contributed by atoms with van der Waals surface area (Å²) in [6.45, 7) is 2.59. The Bertz CT molecular complexity index is 1020. The van der Waals surface area contributed by atoms with Crippen LogP contribution in [-0.4, -0.2) is 16.2 Å². The smallest absolute Gasteiger partial charge is 0.260 e. The Morgan fingerprint density at radius 2 is 2.12 bits per heavy atom. The van der Waals surface area contributed by atoms with E-state index in [2.05, 4.69) is 20.9 Å². The van der Waals surface area contributed by atoms with Crippen molar-refractivity contribution < 1.29 is 4.74 Å². The van der Waals surface area contributed by atoms with Crippen LogP contribution in [0, 0.1) is 12.8 Å². The van der Waals surface area contributed by atoms with E-state index in [0.29, 0.717) is 12.0 Å². The van der Waals surface area contributed by atoms with Gasteiger partial charge in [-0.1, -0.05) is 12.8 Å². The predicted molar refractivity (Wildman–Crippen MR) is 104 cm³/mol. The van der Waals surface area contributed by atoms with Gasteiger partial charge in [0.15, 0.2) is 0 Å². The Hall–Kier alpha value is -1.88. The molecule has 4 rings (SSSR count). The molecule has 0 bridgehead atoms. The molecular weight excluding hydrogens is 380 g/mol. The molecule has 0 spiro atoms. The number of pyridine rings is 2. The predicted octanol–water partition coefficient (Wildman–Crippen LogP) is 4.73. The summed E-state index contributed by atoms with van der Waals surface area (Å²) in [5, 5.41) is 2.65. The highest BCUT2D eigenvalue weighted by Crippen LogP contribution is 2.35. The molecule has 3 aromatic rings. The topological polar surface area (TPSA) is 44.1 Å². The molecule has 1 fully saturated rings. The standard InChI is InChI=1S/C20H21BrN2O2/c1-12-19-14(7-8-22-12)15-10-16(21)18(11-17(15)23(2)20(19)24)25-9-3-4-13-5-6-13/h7-8,10-11,13H,3-6,9H2,1-2H3. The van der Waals surface area contributed by atoms with E-state index < -0.39 is 0 Å². The molecular formula is C20H21BrN2O2. The lowest BCUT2D eigenvalue weighted by molar-refractivity contribution is 0.302. The fourth-order valence-corrected chi connectivity index (χ4v) is 3.90. The first kappa shape index (κ1) is 16.6. The van der Waals surface area contributed by atoms with Crippen molar-refractivity contribution in [2.24, 2.45) is 13.0 Å². The summed E-state index contributed by atoms with van der Waals surface area (Å²) in [7, 11) is 1.81. The van der Waals surface area contributed by atoms with E-state index >= 15 is 0 Å². The van der Waals surface area contributed by atoms with Crippen LogP contribution in [0.4, 0.5) is 0 Å². The maximum atomic E-state index is 12.8. The number of hydrogen-bond donors (Lipinski definition) is 0. The highest BCUT2D eigenvalue weighted by atomic mass is 79.9. The lowest BCUT2D eigenvalue weighted by Crippen LogP contribution is -2.18. The van der Waals surface area contributed by atoms with Crippen molar-refractivity contribution in [2.45, 2.75) is 32.6 Å². The van der Waals surface area contributed by atoms with Crippen LogP contribution in [0.1, 0.15) is 31.4 Å². The molecule has 0 aliphatic heterocycles. The van der Waals surface area contributed by atoms with Crippen LogP contribution in [0.2, 0.25) is 0 Å². The van der Waals surface area contributed by atoms with Gasteiger partial charge >= 0.3 is 0 Å². The van der Waals surface area contributed by atoms with Crippen molar-refractivity contribution in [3.63, 3.8) is 0 Å². The summed E-state index contributed by atoms with van der Waals surface area (Å²) >= 11 is 3.63. The molecule has 1 aliphatic rings. The second-order valence-electron chi connectivity index (χ2n) is 6.92. The molecule has 0 saturated heterocycles. The minimum Gasteiger partial charge on any atom is -0.492 e. The second kappa shape index (κ2) is 6.45. The van der Waals surface area contributed by atoms with Gasteiger partial charge in [0, 0.05) is 24.7 Å². The molecule has 0 N–H and O–H groups in total. The molecule has 25 heavy (non-hydrogen) atoms. The van der Waals surface area contributed by atoms with Gasteiger partial charge in [-0.2, -0.15) is 0 Å². The number of aromatic nitrogens is 2. The second-order valence-corrected chi connectivity index (χ2v) is 7.77. The molecule has 1 aliphatic carbocycles. The number of fused-ring (bicyclic) bond motifs is 3. The van der Waals surface area contributed by atoms with Crippen molar-refractivity contribution in [3.8, 4) is 5.75 Å². The van der Waals surface area contributed by atoms with E-state index in [9.17, 15) is 4.79 Å². The quantitative estimate of drug-likeness (QED) is 0.459. The Morgan fingerprint density at radius 1 is 1.32 bits per heavy atom. The summed E-state index contributed by atoms with van der Waals surface area (Å²) in [4.78, 5) is 17.0. The Labute approximate surface area is 155 Å². The van der Waals surface area contributed by atoms with Crippen LogP contribution in [0.25, 0.3) is 21.7 Å². The number of rotatable bonds is 5. The lowest BCUT2D eigenvalue weighted by Gasteiger charge is -2.14. The van der Waals surface area contributed by atoms with Gasteiger partial charge in [-0.05, 0) is 59.1 Å². The first-order chi connectivity index (χ1) is 12.1. The van der Waals surface area contributed by atoms with Gasteiger partial charge in [-0.25, -0.2) is 0 Å². The maximum absolute atomic E-state index is 12.8. The van der Waals surface area contributed by atoms with E-state index in [1.807, 2.05) is 25.1 Å². The zero-order chi connectivity index (χ0) is 17.6. The zero-order valence-electron chi connectivity index (χ0n) is 14.5. The Balaban J connectivity index is 1.78. The number of aryl methyl sites for hydroxylation is 2. The highest BCUT2D eigenvalue weighted by Gasteiger charge is 2.20. The fourth-order valence-electron chi connectivity index (χ4n) is 3.45. The molecule has 0 atom stereocenters. The summed E-state index contributed by atoms with van der Waals surface area (Å²) in [6, 6.07) is 5.93. The van der Waals surface area contributed by atoms with Crippen molar-refractivity contribution in [1.29, 1.82) is 0 Å². The highest BCUT2D eigenvalue weighted by molar-refractivity contribution is 9.10. The van der Waals surface area contributed by atoms with Crippen molar-refractivity contribution in [1.82, 2.24) is 9.55 Å². The molecule has 0 amide bonds. The third-order valence-corrected chi connectivity index (χ3v) is 5.69. The van der Waals surface area contributed by atoms with E-state index in [1.54, 1.807) is 17.8 Å². The molecule has 1 saturated carbocycles. The zero-order valence-corrected chi connectivity index (χ0v) is 16.1. The average molecular weight is 401 g/mol. The van der Waals surface area contributed by atoms with Crippen LogP contribution < -0.4 is 10.3 Å². The van der Waals surface area contributed by atoms with Gasteiger partial charge in [0.2, 0.25) is 0 Å². The summed E-state index contributed by atoms with van der Waals surface area (Å²) < 4.78 is 8.59. The molecule has 0 radical (unpaired) electrons. The molecule has 4 nitrogen and oxygen atoms in total. The Kier molecular flexibility index (Phi) is 4.28. The van der Waals surface area contributed by atoms with E-state index in [1.165, 1.54) is 19.3 Å². The van der Waals surface area contributed by atoms with Crippen LogP contribution in [0.15, 0.2) is 33.7 Å². The van der Waals surface area contributed by atoms with Gasteiger partial charge in [0.25, 0.3) is 5.56 Å². The first-order valence-corrected chi connectivity index (χ1v) is 9.56. The number of benzene rings is 1. The van der Waals surface area contributed by atoms with Gasteiger partial charge in [-0.3, -0.25) is 9.78 Å². The number of ether oxygens (including phenoxy) is 1. The largest absolute Gasteiger partial charge is 0.492 e. The van der Waals surface area contributed by atoms with E-state index in [-0.39, 0.29) is 5.56 Å².